The predicted molar refractivity (Wildman–Crippen MR) is 78.0 cm³/mol. The Morgan fingerprint density at radius 3 is 2.61 bits per heavy atom. The van der Waals surface area contributed by atoms with Gasteiger partial charge in [-0.2, -0.15) is 0 Å². The van der Waals surface area contributed by atoms with E-state index >= 15 is 0 Å². The van der Waals surface area contributed by atoms with Gasteiger partial charge in [-0.1, -0.05) is 0 Å². The van der Waals surface area contributed by atoms with Crippen molar-refractivity contribution in [2.24, 2.45) is 11.7 Å². The number of ketones is 1. The number of nitrogens with two attached hydrogens (primary N) is 1. The van der Waals surface area contributed by atoms with Crippen LogP contribution >= 0.6 is 0 Å². The molecular formula is C15H23NOSe. The van der Waals surface area contributed by atoms with Crippen molar-refractivity contribution >= 4 is 20.7 Å². The van der Waals surface area contributed by atoms with Gasteiger partial charge in [0.1, 0.15) is 0 Å². The molecule has 0 spiro atoms. The van der Waals surface area contributed by atoms with Crippen LogP contribution in [0.3, 0.4) is 0 Å². The van der Waals surface area contributed by atoms with Gasteiger partial charge in [0.15, 0.2) is 0 Å². The number of rotatable bonds is 8. The molecule has 18 heavy (non-hydrogen) atoms. The summed E-state index contributed by atoms with van der Waals surface area (Å²) in [5.74, 6) is 2.78. The van der Waals surface area contributed by atoms with Crippen LogP contribution < -0.4 is 5.73 Å². The van der Waals surface area contributed by atoms with E-state index in [1.165, 1.54) is 5.56 Å². The Morgan fingerprint density at radius 1 is 1.33 bits per heavy atom. The first kappa shape index (κ1) is 15.4. The van der Waals surface area contributed by atoms with Gasteiger partial charge >= 0.3 is 116 Å². The normalized spacial score (nSPS) is 14.2. The first-order chi connectivity index (χ1) is 8.63. The van der Waals surface area contributed by atoms with Crippen molar-refractivity contribution in [3.63, 3.8) is 0 Å². The number of carbonyl (C=O) groups excluding carboxylic acids is 1. The molecule has 1 aromatic carbocycles. The number of Topliss-reactive ketones (excluding diaryl/α,β-unsaturated/α-hetero) is 1. The molecule has 0 bridgehead atoms. The van der Waals surface area contributed by atoms with Crippen LogP contribution in [0.25, 0.3) is 0 Å². The Hall–Kier alpha value is -0.631. The zero-order chi connectivity index (χ0) is 13.4. The summed E-state index contributed by atoms with van der Waals surface area (Å²) >= 11 is 0.619. The fraction of sp³-hybridized carbons (Fsp3) is 0.533. The van der Waals surface area contributed by atoms with Crippen molar-refractivity contribution in [1.82, 2.24) is 0 Å². The van der Waals surface area contributed by atoms with Crippen molar-refractivity contribution in [2.75, 3.05) is 0 Å². The minimum atomic E-state index is -0.245. The van der Waals surface area contributed by atoms with Gasteiger partial charge in [-0.3, -0.25) is 0 Å². The maximum atomic E-state index is 11.9. The SMILES string of the molecule is C[Se]CCC(N)C(=O)CC(C)Cc1ccccc1. The average Bonchev–Trinajstić information content (AvgIpc) is 2.36. The molecule has 0 amide bonds. The number of carbonyl (C=O) groups is 1. The Labute approximate surface area is 116 Å². The van der Waals surface area contributed by atoms with Crippen LogP contribution in [0, 0.1) is 5.92 Å². The third-order valence-electron chi connectivity index (χ3n) is 3.02. The number of benzene rings is 1. The van der Waals surface area contributed by atoms with E-state index in [4.69, 9.17) is 5.73 Å². The fourth-order valence-electron chi connectivity index (χ4n) is 1.99. The van der Waals surface area contributed by atoms with E-state index in [2.05, 4.69) is 24.9 Å². The van der Waals surface area contributed by atoms with Gasteiger partial charge in [0.25, 0.3) is 0 Å². The second-order valence-electron chi connectivity index (χ2n) is 4.85. The van der Waals surface area contributed by atoms with E-state index in [0.717, 1.165) is 18.2 Å². The summed E-state index contributed by atoms with van der Waals surface area (Å²) in [4.78, 5) is 11.9. The third kappa shape index (κ3) is 5.81. The third-order valence-corrected chi connectivity index (χ3v) is 4.37. The van der Waals surface area contributed by atoms with Gasteiger partial charge in [-0.15, -0.1) is 0 Å². The van der Waals surface area contributed by atoms with E-state index in [0.29, 0.717) is 27.3 Å². The quantitative estimate of drug-likeness (QED) is 0.750. The molecule has 0 saturated carbocycles. The molecule has 0 aliphatic carbocycles. The Morgan fingerprint density at radius 2 is 2.00 bits per heavy atom. The maximum absolute atomic E-state index is 11.9. The van der Waals surface area contributed by atoms with Crippen molar-refractivity contribution in [2.45, 2.75) is 43.4 Å². The molecule has 0 radical (unpaired) electrons. The van der Waals surface area contributed by atoms with Crippen molar-refractivity contribution in [1.29, 1.82) is 0 Å². The summed E-state index contributed by atoms with van der Waals surface area (Å²) in [5, 5.41) is 1.10. The van der Waals surface area contributed by atoms with Crippen molar-refractivity contribution in [3.8, 4) is 0 Å². The zero-order valence-corrected chi connectivity index (χ0v) is 13.0. The van der Waals surface area contributed by atoms with E-state index in [1.807, 2.05) is 18.2 Å². The molecule has 2 N–H and O–H groups in total. The van der Waals surface area contributed by atoms with E-state index < -0.39 is 0 Å². The zero-order valence-electron chi connectivity index (χ0n) is 11.3. The first-order valence-electron chi connectivity index (χ1n) is 6.44. The molecule has 0 aromatic heterocycles. The summed E-state index contributed by atoms with van der Waals surface area (Å²) in [6.07, 6.45) is 2.41. The second-order valence-corrected chi connectivity index (χ2v) is 6.92. The monoisotopic (exact) mass is 313 g/mol. The minimum absolute atomic E-state index is 0.225. The average molecular weight is 312 g/mol. The molecule has 0 fully saturated rings. The van der Waals surface area contributed by atoms with Crippen LogP contribution in [-0.4, -0.2) is 26.8 Å². The summed E-state index contributed by atoms with van der Waals surface area (Å²) in [5.41, 5.74) is 7.20. The van der Waals surface area contributed by atoms with Gasteiger partial charge in [0.2, 0.25) is 0 Å². The molecule has 1 aromatic rings. The van der Waals surface area contributed by atoms with Crippen LogP contribution in [0.5, 0.6) is 0 Å². The molecule has 0 aliphatic heterocycles. The van der Waals surface area contributed by atoms with Crippen LogP contribution in [0.4, 0.5) is 0 Å². The summed E-state index contributed by atoms with van der Waals surface area (Å²) in [6, 6.07) is 10.1. The van der Waals surface area contributed by atoms with Gasteiger partial charge in [-0.25, -0.2) is 0 Å². The molecule has 2 unspecified atom stereocenters. The topological polar surface area (TPSA) is 43.1 Å². The van der Waals surface area contributed by atoms with Crippen molar-refractivity contribution < 1.29 is 4.79 Å². The molecule has 0 heterocycles. The van der Waals surface area contributed by atoms with Gasteiger partial charge in [-0.05, 0) is 0 Å². The summed E-state index contributed by atoms with van der Waals surface area (Å²) in [7, 11) is 0. The Balaban J connectivity index is 2.35. The molecule has 100 valence electrons. The standard InChI is InChI=1S/C15H23NOSe/c1-12(10-13-6-4-3-5-7-13)11-15(17)14(16)8-9-18-2/h3-7,12,14H,8-11,16H2,1-2H3. The molecular weight excluding hydrogens is 289 g/mol. The predicted octanol–water partition coefficient (Wildman–Crippen LogP) is 2.71. The number of hydrogen-bond donors (Lipinski definition) is 1. The van der Waals surface area contributed by atoms with Crippen LogP contribution in [0.15, 0.2) is 30.3 Å². The van der Waals surface area contributed by atoms with E-state index in [9.17, 15) is 4.79 Å². The van der Waals surface area contributed by atoms with E-state index in [-0.39, 0.29) is 11.8 Å². The first-order valence-corrected chi connectivity index (χ1v) is 9.37. The summed E-state index contributed by atoms with van der Waals surface area (Å²) in [6.45, 7) is 2.13. The van der Waals surface area contributed by atoms with Crippen LogP contribution in [-0.2, 0) is 11.2 Å². The van der Waals surface area contributed by atoms with E-state index in [1.54, 1.807) is 0 Å². The molecule has 0 saturated heterocycles. The van der Waals surface area contributed by atoms with Gasteiger partial charge < -0.3 is 0 Å². The number of hydrogen-bond acceptors (Lipinski definition) is 2. The Kier molecular flexibility index (Phi) is 7.26. The van der Waals surface area contributed by atoms with Gasteiger partial charge in [0, 0.05) is 0 Å². The molecule has 0 aliphatic rings. The fourth-order valence-corrected chi connectivity index (χ4v) is 3.02. The molecule has 3 heteroatoms. The summed E-state index contributed by atoms with van der Waals surface area (Å²) < 4.78 is 0. The Bertz CT molecular complexity index is 353. The molecule has 2 nitrogen and oxygen atoms in total. The molecule has 2 atom stereocenters. The second kappa shape index (κ2) is 8.47. The van der Waals surface area contributed by atoms with Crippen molar-refractivity contribution in [3.05, 3.63) is 35.9 Å². The van der Waals surface area contributed by atoms with Crippen LogP contribution in [0.2, 0.25) is 11.1 Å². The molecule has 1 rings (SSSR count). The van der Waals surface area contributed by atoms with Gasteiger partial charge in [0.05, 0.1) is 0 Å². The van der Waals surface area contributed by atoms with Crippen LogP contribution in [0.1, 0.15) is 25.3 Å².